The summed E-state index contributed by atoms with van der Waals surface area (Å²) in [5.74, 6) is 1.71. The second-order valence-electron chi connectivity index (χ2n) is 9.02. The Morgan fingerprint density at radius 1 is 1.14 bits per heavy atom. The predicted octanol–water partition coefficient (Wildman–Crippen LogP) is 3.79. The Morgan fingerprint density at radius 3 is 2.55 bits per heavy atom. The molecular weight excluding hydrogens is 475 g/mol. The molecule has 5 rings (SSSR count). The maximum atomic E-state index is 6.08. The van der Waals surface area contributed by atoms with Crippen LogP contribution in [0.4, 0.5) is 5.69 Å². The number of benzene rings is 1. The zero-order valence-electron chi connectivity index (χ0n) is 17.5. The first-order valence-corrected chi connectivity index (χ1v) is 11.3. The highest BCUT2D eigenvalue weighted by Crippen LogP contribution is 2.62. The molecular formula is C23H35IN4O. The molecule has 0 radical (unpaired) electrons. The van der Waals surface area contributed by atoms with Gasteiger partial charge in [0.25, 0.3) is 0 Å². The molecule has 2 aliphatic heterocycles. The summed E-state index contributed by atoms with van der Waals surface area (Å²) in [6.07, 6.45) is 8.03. The van der Waals surface area contributed by atoms with Gasteiger partial charge in [0, 0.05) is 55.3 Å². The van der Waals surface area contributed by atoms with Crippen LogP contribution in [0.3, 0.4) is 0 Å². The van der Waals surface area contributed by atoms with E-state index in [9.17, 15) is 0 Å². The first kappa shape index (κ1) is 21.2. The van der Waals surface area contributed by atoms with E-state index in [-0.39, 0.29) is 24.0 Å². The van der Waals surface area contributed by atoms with Crippen molar-refractivity contribution in [3.05, 3.63) is 30.3 Å². The molecule has 5 nitrogen and oxygen atoms in total. The zero-order valence-corrected chi connectivity index (χ0v) is 19.8. The minimum Gasteiger partial charge on any atom is -0.377 e. The first-order chi connectivity index (χ1) is 13.8. The van der Waals surface area contributed by atoms with Gasteiger partial charge in [-0.2, -0.15) is 0 Å². The van der Waals surface area contributed by atoms with Crippen molar-refractivity contribution >= 4 is 35.6 Å². The van der Waals surface area contributed by atoms with Crippen LogP contribution in [0.25, 0.3) is 0 Å². The van der Waals surface area contributed by atoms with Gasteiger partial charge in [0.15, 0.2) is 5.96 Å². The van der Waals surface area contributed by atoms with Gasteiger partial charge in [-0.25, -0.2) is 0 Å². The van der Waals surface area contributed by atoms with Gasteiger partial charge in [-0.05, 0) is 51.2 Å². The minimum atomic E-state index is 0. The average Bonchev–Trinajstić information content (AvgIpc) is 3.11. The van der Waals surface area contributed by atoms with E-state index in [4.69, 9.17) is 9.73 Å². The van der Waals surface area contributed by atoms with Gasteiger partial charge in [0.1, 0.15) is 0 Å². The Labute approximate surface area is 192 Å². The summed E-state index contributed by atoms with van der Waals surface area (Å²) in [6.45, 7) is 6.10. The van der Waals surface area contributed by atoms with Crippen molar-refractivity contribution in [3.8, 4) is 0 Å². The van der Waals surface area contributed by atoms with Crippen molar-refractivity contribution in [1.29, 1.82) is 0 Å². The highest BCUT2D eigenvalue weighted by molar-refractivity contribution is 14.0. The van der Waals surface area contributed by atoms with E-state index in [0.717, 1.165) is 45.0 Å². The van der Waals surface area contributed by atoms with E-state index < -0.39 is 0 Å². The van der Waals surface area contributed by atoms with Crippen LogP contribution in [0.5, 0.6) is 0 Å². The van der Waals surface area contributed by atoms with Gasteiger partial charge < -0.3 is 20.3 Å². The molecule has 4 fully saturated rings. The third-order valence-corrected chi connectivity index (χ3v) is 7.60. The minimum absolute atomic E-state index is 0. The van der Waals surface area contributed by atoms with Crippen LogP contribution >= 0.6 is 24.0 Å². The highest BCUT2D eigenvalue weighted by atomic mass is 127. The van der Waals surface area contributed by atoms with Crippen LogP contribution in [-0.2, 0) is 4.74 Å². The van der Waals surface area contributed by atoms with Crippen LogP contribution in [0.15, 0.2) is 35.3 Å². The fourth-order valence-electron chi connectivity index (χ4n) is 6.01. The summed E-state index contributed by atoms with van der Waals surface area (Å²) in [4.78, 5) is 7.29. The molecule has 2 saturated carbocycles. The molecule has 3 atom stereocenters. The van der Waals surface area contributed by atoms with E-state index in [2.05, 4.69) is 52.8 Å². The Bertz CT molecular complexity index is 700. The summed E-state index contributed by atoms with van der Waals surface area (Å²) in [6, 6.07) is 11.8. The Kier molecular flexibility index (Phi) is 6.59. The number of hydrogen-bond acceptors (Lipinski definition) is 3. The van der Waals surface area contributed by atoms with Crippen molar-refractivity contribution < 1.29 is 4.74 Å². The number of halogens is 1. The van der Waals surface area contributed by atoms with Crippen molar-refractivity contribution in [2.24, 2.45) is 16.3 Å². The van der Waals surface area contributed by atoms with Crippen LogP contribution in [0.2, 0.25) is 0 Å². The van der Waals surface area contributed by atoms with E-state index in [1.807, 2.05) is 0 Å². The molecule has 0 amide bonds. The Hall–Kier alpha value is -1.02. The topological polar surface area (TPSA) is 48.9 Å². The van der Waals surface area contributed by atoms with E-state index in [1.54, 1.807) is 0 Å². The van der Waals surface area contributed by atoms with E-state index in [1.165, 1.54) is 31.4 Å². The molecule has 6 heteroatoms. The normalized spacial score (nSPS) is 30.7. The number of nitrogens with zero attached hydrogens (tertiary/aromatic N) is 2. The molecule has 4 aliphatic rings. The monoisotopic (exact) mass is 510 g/mol. The highest BCUT2D eigenvalue weighted by Gasteiger charge is 2.66. The van der Waals surface area contributed by atoms with Gasteiger partial charge in [-0.1, -0.05) is 24.6 Å². The number of rotatable bonds is 4. The van der Waals surface area contributed by atoms with Gasteiger partial charge in [-0.3, -0.25) is 4.99 Å². The quantitative estimate of drug-likeness (QED) is 0.368. The van der Waals surface area contributed by atoms with Crippen molar-refractivity contribution in [3.63, 3.8) is 0 Å². The smallest absolute Gasteiger partial charge is 0.191 e. The van der Waals surface area contributed by atoms with E-state index in [0.29, 0.717) is 29.5 Å². The molecule has 2 heterocycles. The molecule has 1 aromatic carbocycles. The number of piperidine rings is 1. The summed E-state index contributed by atoms with van der Waals surface area (Å²) in [5.41, 5.74) is 1.74. The fraction of sp³-hybridized carbons (Fsp3) is 0.696. The van der Waals surface area contributed by atoms with Crippen LogP contribution < -0.4 is 15.5 Å². The standard InChI is InChI=1S/C23H34N4O.HI/c1-2-24-22(26-20-19-11-16-28-21(19)23(20)12-6-13-23)25-17-9-14-27(15-10-17)18-7-4-3-5-8-18;/h3-5,7-8,17,19-21H,2,6,9-16H2,1H3,(H2,24,25,26);1H. The molecule has 0 aromatic heterocycles. The number of hydrogen-bond donors (Lipinski definition) is 2. The molecule has 1 spiro atoms. The van der Waals surface area contributed by atoms with Crippen molar-refractivity contribution in [2.45, 2.75) is 63.6 Å². The molecule has 29 heavy (non-hydrogen) atoms. The van der Waals surface area contributed by atoms with E-state index >= 15 is 0 Å². The summed E-state index contributed by atoms with van der Waals surface area (Å²) in [5, 5.41) is 7.62. The predicted molar refractivity (Wildman–Crippen MR) is 129 cm³/mol. The Balaban J connectivity index is 0.00000205. The van der Waals surface area contributed by atoms with Gasteiger partial charge >= 0.3 is 0 Å². The summed E-state index contributed by atoms with van der Waals surface area (Å²) < 4.78 is 6.08. The van der Waals surface area contributed by atoms with Crippen molar-refractivity contribution in [1.82, 2.24) is 10.6 Å². The van der Waals surface area contributed by atoms with Gasteiger partial charge in [0.2, 0.25) is 0 Å². The fourth-order valence-corrected chi connectivity index (χ4v) is 6.01. The number of nitrogens with one attached hydrogen (secondary N) is 2. The number of aliphatic imine (C=N–C) groups is 1. The van der Waals surface area contributed by atoms with Crippen LogP contribution in [0.1, 0.15) is 45.4 Å². The second kappa shape index (κ2) is 9.00. The lowest BCUT2D eigenvalue weighted by Gasteiger charge is -2.63. The first-order valence-electron chi connectivity index (χ1n) is 11.3. The van der Waals surface area contributed by atoms with Crippen LogP contribution in [0, 0.1) is 11.3 Å². The van der Waals surface area contributed by atoms with Crippen molar-refractivity contribution in [2.75, 3.05) is 31.1 Å². The maximum Gasteiger partial charge on any atom is 0.191 e. The SMILES string of the molecule is CCN=C(NC1CCN(c2ccccc2)CC1)NC1C2CCOC2C12CCC2.I. The number of ether oxygens (including phenoxy) is 1. The third-order valence-electron chi connectivity index (χ3n) is 7.60. The largest absolute Gasteiger partial charge is 0.377 e. The number of guanidine groups is 1. The number of anilines is 1. The number of fused-ring (bicyclic) bond motifs is 2. The van der Waals surface area contributed by atoms with Crippen LogP contribution in [-0.4, -0.2) is 50.4 Å². The van der Waals surface area contributed by atoms with Gasteiger partial charge in [-0.15, -0.1) is 24.0 Å². The second-order valence-corrected chi connectivity index (χ2v) is 9.02. The molecule has 0 bridgehead atoms. The average molecular weight is 510 g/mol. The summed E-state index contributed by atoms with van der Waals surface area (Å²) >= 11 is 0. The lowest BCUT2D eigenvalue weighted by atomic mass is 9.46. The lowest BCUT2D eigenvalue weighted by Crippen LogP contribution is -2.72. The molecule has 160 valence electrons. The maximum absolute atomic E-state index is 6.08. The Morgan fingerprint density at radius 2 is 1.90 bits per heavy atom. The molecule has 2 N–H and O–H groups in total. The molecule has 2 saturated heterocycles. The van der Waals surface area contributed by atoms with Gasteiger partial charge in [0.05, 0.1) is 6.10 Å². The zero-order chi connectivity index (χ0) is 19.0. The lowest BCUT2D eigenvalue weighted by molar-refractivity contribution is -0.171. The summed E-state index contributed by atoms with van der Waals surface area (Å²) in [7, 11) is 0. The molecule has 1 aromatic rings. The third kappa shape index (κ3) is 3.87. The number of para-hydroxylation sites is 1. The molecule has 3 unspecified atom stereocenters. The molecule has 2 aliphatic carbocycles.